The van der Waals surface area contributed by atoms with Crippen molar-refractivity contribution in [2.75, 3.05) is 65.0 Å². The number of rotatable bonds is 24. The number of phenolic OH excluding ortho intramolecular Hbond substituents is 3. The second-order valence-electron chi connectivity index (χ2n) is 32.6. The number of anilines is 1. The van der Waals surface area contributed by atoms with E-state index < -0.39 is 254 Å². The van der Waals surface area contributed by atoms with Gasteiger partial charge in [0.15, 0.2) is 23.9 Å². The fourth-order valence-corrected chi connectivity index (χ4v) is 16.5. The van der Waals surface area contributed by atoms with Gasteiger partial charge in [0.2, 0.25) is 59.3 Å². The minimum Gasteiger partial charge on any atom is -0.508 e. The first kappa shape index (κ1) is 96.8. The summed E-state index contributed by atoms with van der Waals surface area (Å²) in [6, 6.07) is 7.73. The summed E-state index contributed by atoms with van der Waals surface area (Å²) in [5.41, 5.74) is 3.96. The van der Waals surface area contributed by atoms with Crippen LogP contribution in [-0.4, -0.2) is 252 Å². The number of aliphatic hydroxyl groups excluding tert-OH is 6. The largest absolute Gasteiger partial charge is 0.508 e. The zero-order valence-corrected chi connectivity index (χ0v) is 73.2. The summed E-state index contributed by atoms with van der Waals surface area (Å²) in [6.07, 6.45) is -15.4. The van der Waals surface area contributed by atoms with Gasteiger partial charge in [-0.25, -0.2) is 10.3 Å². The number of amides is 9. The molecule has 0 spiro atoms. The van der Waals surface area contributed by atoms with Crippen LogP contribution in [0.4, 0.5) is 5.82 Å². The van der Waals surface area contributed by atoms with Gasteiger partial charge < -0.3 is 133 Å². The molecule has 41 nitrogen and oxygen atoms in total. The smallest absolute Gasteiger partial charge is 0.349 e. The molecule has 9 heterocycles. The number of hydroxylamine groups is 1. The molecule has 15 rings (SSSR count). The number of ether oxygens (including phenoxy) is 7. The lowest BCUT2D eigenvalue weighted by Crippen LogP contribution is -2.65. The number of morpholine rings is 1. The van der Waals surface area contributed by atoms with Crippen LogP contribution in [0.3, 0.4) is 0 Å². The molecule has 0 radical (unpaired) electrons. The lowest BCUT2D eigenvalue weighted by atomic mass is 9.85. The number of aromatic nitrogens is 2. The first-order valence-corrected chi connectivity index (χ1v) is 42.8. The average molecular weight is 1880 g/mol. The van der Waals surface area contributed by atoms with E-state index in [0.29, 0.717) is 36.9 Å². The fraction of sp³-hybridized carbons (Fsp3) is 0.414. The van der Waals surface area contributed by atoms with Gasteiger partial charge in [-0.3, -0.25) is 57.5 Å². The fourth-order valence-electron chi connectivity index (χ4n) is 15.9. The Morgan fingerprint density at radius 2 is 1.37 bits per heavy atom. The number of nitrogens with one attached hydrogen (secondary N) is 10. The Hall–Kier alpha value is -11.7. The number of halogens is 3. The van der Waals surface area contributed by atoms with Crippen LogP contribution in [0.1, 0.15) is 111 Å². The van der Waals surface area contributed by atoms with E-state index in [0.717, 1.165) is 60.7 Å². The number of phenols is 3. The maximum Gasteiger partial charge on any atom is 0.349 e. The van der Waals surface area contributed by atoms with Crippen LogP contribution >= 0.6 is 34.8 Å². The summed E-state index contributed by atoms with van der Waals surface area (Å²) in [4.78, 5) is 159. The highest BCUT2D eigenvalue weighted by molar-refractivity contribution is 6.32. The number of aliphatic hydroxyl groups is 6. The van der Waals surface area contributed by atoms with Crippen molar-refractivity contribution in [3.63, 3.8) is 0 Å². The highest BCUT2D eigenvalue weighted by Crippen LogP contribution is 2.50. The van der Waals surface area contributed by atoms with Crippen LogP contribution in [0.25, 0.3) is 17.2 Å². The molecule has 0 unspecified atom stereocenters. The summed E-state index contributed by atoms with van der Waals surface area (Å²) < 4.78 is 46.2. The second kappa shape index (κ2) is 42.2. The van der Waals surface area contributed by atoms with E-state index >= 15 is 24.0 Å². The van der Waals surface area contributed by atoms with Gasteiger partial charge in [0.05, 0.1) is 61.1 Å². The number of primary amides is 1. The number of nitrogens with zero attached hydrogens (tertiary/aromatic N) is 3. The molecule has 11 bridgehead atoms. The normalized spacial score (nSPS) is 26.2. The molecule has 700 valence electrons. The summed E-state index contributed by atoms with van der Waals surface area (Å²) in [7, 11) is 1.47. The lowest BCUT2D eigenvalue weighted by molar-refractivity contribution is -0.334. The second-order valence-corrected chi connectivity index (χ2v) is 33.9. The van der Waals surface area contributed by atoms with E-state index in [9.17, 15) is 69.9 Å². The van der Waals surface area contributed by atoms with Gasteiger partial charge in [0, 0.05) is 79.2 Å². The number of hydrogen-bond acceptors (Lipinski definition) is 31. The van der Waals surface area contributed by atoms with E-state index in [1.165, 1.54) is 61.2 Å². The van der Waals surface area contributed by atoms with Crippen LogP contribution in [0.5, 0.6) is 46.0 Å². The molecule has 7 aromatic rings. The number of benzene rings is 6. The number of hydrogen-bond donors (Lipinski definition) is 20. The Labute approximate surface area is 762 Å². The molecule has 8 aliphatic rings. The molecule has 6 aromatic carbocycles. The molecule has 8 aliphatic heterocycles. The van der Waals surface area contributed by atoms with Gasteiger partial charge in [0.1, 0.15) is 101 Å². The summed E-state index contributed by atoms with van der Waals surface area (Å²) in [5, 5.41) is 131. The van der Waals surface area contributed by atoms with Gasteiger partial charge >= 0.3 is 5.69 Å². The summed E-state index contributed by atoms with van der Waals surface area (Å²) in [6.45, 7) is 7.66. The van der Waals surface area contributed by atoms with Gasteiger partial charge in [-0.15, -0.1) is 0 Å². The molecule has 9 amide bonds. The Morgan fingerprint density at radius 3 is 2.02 bits per heavy atom. The van der Waals surface area contributed by atoms with Gasteiger partial charge in [-0.1, -0.05) is 79.0 Å². The van der Waals surface area contributed by atoms with Crippen molar-refractivity contribution < 1.29 is 127 Å². The molecule has 1 aromatic heterocycles. The van der Waals surface area contributed by atoms with E-state index in [-0.39, 0.29) is 73.3 Å². The van der Waals surface area contributed by atoms with E-state index in [2.05, 4.69) is 58.3 Å². The molecular formula is C87H99Cl3N14O27. The Bertz CT molecular complexity index is 5540. The molecule has 21 N–H and O–H groups in total. The van der Waals surface area contributed by atoms with Crippen LogP contribution in [0, 0.1) is 5.92 Å². The van der Waals surface area contributed by atoms with E-state index in [1.54, 1.807) is 31.2 Å². The highest BCUT2D eigenvalue weighted by Gasteiger charge is 2.52. The molecule has 3 fully saturated rings. The minimum atomic E-state index is -2.40. The van der Waals surface area contributed by atoms with Crippen molar-refractivity contribution in [3.05, 3.63) is 180 Å². The van der Waals surface area contributed by atoms with Crippen molar-refractivity contribution in [1.82, 2.24) is 62.5 Å². The van der Waals surface area contributed by atoms with Gasteiger partial charge in [-0.2, -0.15) is 4.98 Å². The Kier molecular flexibility index (Phi) is 31.2. The van der Waals surface area contributed by atoms with Crippen LogP contribution in [0.2, 0.25) is 15.1 Å². The van der Waals surface area contributed by atoms with Crippen molar-refractivity contribution in [1.29, 1.82) is 0 Å². The van der Waals surface area contributed by atoms with E-state index in [4.69, 9.17) is 78.5 Å². The molecule has 131 heavy (non-hydrogen) atoms. The third-order valence-electron chi connectivity index (χ3n) is 22.8. The zero-order valence-electron chi connectivity index (χ0n) is 70.9. The predicted octanol–water partition coefficient (Wildman–Crippen LogP) is 1.59. The Balaban J connectivity index is 0.932. The molecular weight excluding hydrogens is 1780 g/mol. The topological polar surface area (TPSA) is 594 Å². The van der Waals surface area contributed by atoms with Crippen LogP contribution < -0.4 is 79.0 Å². The van der Waals surface area contributed by atoms with Gasteiger partial charge in [-0.05, 0) is 145 Å². The van der Waals surface area contributed by atoms with Crippen molar-refractivity contribution in [2.45, 2.75) is 163 Å². The van der Waals surface area contributed by atoms with Crippen molar-refractivity contribution >= 4 is 99.9 Å². The Morgan fingerprint density at radius 1 is 0.718 bits per heavy atom. The predicted molar refractivity (Wildman–Crippen MR) is 464 cm³/mol. The number of aromatic hydroxyl groups is 3. The van der Waals surface area contributed by atoms with Crippen molar-refractivity contribution in [2.24, 2.45) is 11.7 Å². The third-order valence-corrected chi connectivity index (χ3v) is 23.7. The third kappa shape index (κ3) is 22.9. The van der Waals surface area contributed by atoms with Crippen molar-refractivity contribution in [3.8, 4) is 57.1 Å². The number of carbonyl (C=O) groups excluding carboxylic acids is 9. The number of fused-ring (bicyclic) bond motifs is 15. The SMILES string of the molecule is CN[C@H](CC(C)C)C(=O)N[C@H]1C(=O)N[C@@H](CC(N)=O)C(=O)N[C@H]2C(=O)N[C@H]3C(=O)N[C@H](C(=O)N[C@@H](C(=O)NOCCN4CCOCC4)c4cc(O)cc(O)c4-c4cc3ccc4O)[C@H](O)c3ccc(c(Cl)c3)Oc3cc2cc(c3O[C@@H]2O[C@H](CO)[C@@H](O)[C@H](O)[C@H]2O[C@H]2C[C@](C)(NCCn3ccc(NC(=O)/C=C/c4ccc(Cl)cc4)nc3=O)[C@H](O)[C@H](C)O2)Oc2ccc(cc2Cl)[C@H]1O. The molecule has 0 saturated carbocycles. The molecule has 44 heteroatoms. The maximum absolute atomic E-state index is 16.4. The quantitative estimate of drug-likeness (QED) is 0.0232. The molecule has 18 atom stereocenters. The zero-order chi connectivity index (χ0) is 94.1. The lowest BCUT2D eigenvalue weighted by Gasteiger charge is -2.48. The first-order chi connectivity index (χ1) is 62.4. The minimum absolute atomic E-state index is 0.0353. The van der Waals surface area contributed by atoms with Crippen LogP contribution in [0.15, 0.2) is 126 Å². The molecule has 0 aliphatic carbocycles. The summed E-state index contributed by atoms with van der Waals surface area (Å²) >= 11 is 20.4. The number of nitrogens with two attached hydrogens (primary N) is 1. The monoisotopic (exact) mass is 1880 g/mol. The van der Waals surface area contributed by atoms with Crippen LogP contribution in [-0.2, 0) is 73.5 Å². The van der Waals surface area contributed by atoms with Gasteiger partial charge in [0.25, 0.3) is 5.91 Å². The standard InChI is InChI=1S/C87H99Cl3N14O27/c1-39(2)28-52(92-5)78(116)100-69-71(111)43-10-15-56(50(89)30-43)127-58-32-45-33-59(75(58)131-85-76(74(114)73(113)60(38-105)129-85)130-64-37-87(4,77(115)40(3)126-64)93-19-21-104-20-18-62(96-86(104)123)95-63(110)17-8-41-6-12-46(88)13-7-41)128-57-16-11-44(31-51(57)90)72(112)70-83(121)99-68(84(122)102-125-27-24-103-22-25-124-26-23-103)49-34-47(106)35-55(108)65(49)48-29-42(9-14-54(48)107)66(80(118)101-70)98-81(119)67(45)97-79(117)53(36-61(91)109)94-82(69)120/h6-18,20,29-35,39-40,52-53,60,64,66-74,76-77,85,92-93,105-108,111-115H,19,21-28,36-38H2,1-5H3,(H2,91,109)(H,94,120)(H,97,117)(H,98,119)(H,99,121)(H,100,116)(H,101,118)(H,102,122)(H,95,96,110,123)/b17-8+/t40-,52+,53-,60+,64-,66+,67+,68+,69+,70-,71+,72+,73+,74-,76+,77+,85-,87-/m0/s1. The highest BCUT2D eigenvalue weighted by atomic mass is 35.5. The summed E-state index contributed by atoms with van der Waals surface area (Å²) in [5.74, 6) is -16.1. The van der Waals surface area contributed by atoms with E-state index in [1.807, 2.05) is 18.7 Å². The molecule has 3 saturated heterocycles. The number of likely N-dealkylation sites (N-methyl/N-ethyl adjacent to an activating group) is 1. The maximum atomic E-state index is 16.4. The first-order valence-electron chi connectivity index (χ1n) is 41.7. The average Bonchev–Trinajstić information content (AvgIpc) is 0.763. The number of carbonyl (C=O) groups is 9.